The fourth-order valence-corrected chi connectivity index (χ4v) is 10.6. The number of aliphatic hydroxyl groups excluding tert-OH is 1. The van der Waals surface area contributed by atoms with E-state index in [1.54, 1.807) is 14.2 Å². The number of hydrogen-bond donors (Lipinski definition) is 4. The number of likely N-dealkylation sites (N-methyl/N-ethyl adjacent to an activating group) is 1. The van der Waals surface area contributed by atoms with E-state index in [0.29, 0.717) is 13.0 Å². The van der Waals surface area contributed by atoms with Crippen molar-refractivity contribution in [2.75, 3.05) is 34.4 Å². The molecule has 1 heterocycles. The summed E-state index contributed by atoms with van der Waals surface area (Å²) in [6, 6.07) is -0.562. The minimum Gasteiger partial charge on any atom is -0.392 e. The van der Waals surface area contributed by atoms with E-state index in [1.165, 1.54) is 7.11 Å². The van der Waals surface area contributed by atoms with Gasteiger partial charge in [0.15, 0.2) is 0 Å². The molecule has 0 aromatic carbocycles. The smallest absolute Gasteiger partial charge is 0.136 e. The van der Waals surface area contributed by atoms with E-state index in [4.69, 9.17) is 25.8 Å². The van der Waals surface area contributed by atoms with Crippen molar-refractivity contribution in [3.8, 4) is 0 Å². The summed E-state index contributed by atoms with van der Waals surface area (Å²) in [5, 5.41) is 48.5. The number of methoxy groups -OCH3 is 3. The van der Waals surface area contributed by atoms with Crippen molar-refractivity contribution in [2.24, 2.45) is 29.1 Å². The average molecular weight is 474 g/mol. The van der Waals surface area contributed by atoms with Crippen molar-refractivity contribution in [1.29, 1.82) is 0 Å². The van der Waals surface area contributed by atoms with E-state index in [0.717, 1.165) is 0 Å². The zero-order chi connectivity index (χ0) is 23.0. The Kier molecular flexibility index (Phi) is 4.62. The molecule has 8 nitrogen and oxygen atoms in total. The van der Waals surface area contributed by atoms with Crippen molar-refractivity contribution in [1.82, 2.24) is 4.90 Å². The van der Waals surface area contributed by atoms with E-state index in [2.05, 4.69) is 0 Å². The molecule has 1 spiro atoms. The maximum absolute atomic E-state index is 12.7. The van der Waals surface area contributed by atoms with Crippen molar-refractivity contribution < 1.29 is 34.6 Å². The van der Waals surface area contributed by atoms with Crippen LogP contribution in [0.15, 0.2) is 0 Å². The standard InChI is InChI=1S/C23H36ClNO7/c1-5-25-9-20(27)13(24)7-14(26)22-11-6-10-12(30-2)8-21(28,15(11)16(10)31-3)23(29,19(22)25)18(32-4)17(20)22/h10-19,26-29H,5-9H2,1-4H3/t10-,11-,12+,13+,14+,15-,16+,17-,18+,19-,20+,21-,22+,23+/m1/s1. The maximum atomic E-state index is 12.7. The number of nitrogens with zero attached hydrogens (tertiary/aromatic N) is 1. The highest BCUT2D eigenvalue weighted by Gasteiger charge is 2.92. The Labute approximate surface area is 193 Å². The first-order chi connectivity index (χ1) is 15.1. The van der Waals surface area contributed by atoms with Crippen LogP contribution in [0.25, 0.3) is 0 Å². The van der Waals surface area contributed by atoms with E-state index in [1.807, 2.05) is 11.8 Å². The predicted molar refractivity (Wildman–Crippen MR) is 114 cm³/mol. The highest BCUT2D eigenvalue weighted by atomic mass is 35.5. The molecule has 0 aromatic rings. The van der Waals surface area contributed by atoms with Gasteiger partial charge in [0.25, 0.3) is 0 Å². The molecule has 9 heteroatoms. The Bertz CT molecular complexity index is 819. The number of fused-ring (bicyclic) bond motifs is 2. The van der Waals surface area contributed by atoms with Gasteiger partial charge in [0, 0.05) is 57.5 Å². The van der Waals surface area contributed by atoms with Gasteiger partial charge in [-0.05, 0) is 25.3 Å². The molecule has 182 valence electrons. The van der Waals surface area contributed by atoms with Crippen LogP contribution in [0.3, 0.4) is 0 Å². The van der Waals surface area contributed by atoms with Gasteiger partial charge < -0.3 is 34.6 Å². The molecule has 6 rings (SSSR count). The number of aliphatic hydroxyl groups is 4. The summed E-state index contributed by atoms with van der Waals surface area (Å²) in [6.07, 6.45) is -1.11. The molecule has 6 fully saturated rings. The van der Waals surface area contributed by atoms with Crippen LogP contribution in [0, 0.1) is 29.1 Å². The lowest BCUT2D eigenvalue weighted by Gasteiger charge is -2.69. The van der Waals surface area contributed by atoms with E-state index < -0.39 is 57.7 Å². The Balaban J connectivity index is 1.68. The van der Waals surface area contributed by atoms with Gasteiger partial charge in [0.05, 0.1) is 41.4 Å². The van der Waals surface area contributed by atoms with Crippen LogP contribution in [-0.4, -0.2) is 112 Å². The second-order valence-corrected chi connectivity index (χ2v) is 11.8. The molecule has 0 radical (unpaired) electrons. The predicted octanol–water partition coefficient (Wildman–Crippen LogP) is -0.413. The third-order valence-corrected chi connectivity index (χ3v) is 11.5. The summed E-state index contributed by atoms with van der Waals surface area (Å²) < 4.78 is 17.8. The molecule has 4 N–H and O–H groups in total. The SMILES string of the molecule is CCN1C[C@@]2(O)[C@H]3[C@H](OC)[C@]4(O)[C@H]1[C@@]3([C@@H]1C[C@H]3[C@H](OC)[C@@H]1[C@]4(O)C[C@@H]3OC)[C@@H](O)C[C@@H]2Cl. The molecule has 5 aliphatic carbocycles. The van der Waals surface area contributed by atoms with Gasteiger partial charge in [-0.2, -0.15) is 0 Å². The minimum atomic E-state index is -1.72. The Morgan fingerprint density at radius 3 is 2.38 bits per heavy atom. The van der Waals surface area contributed by atoms with Crippen molar-refractivity contribution in [2.45, 2.75) is 78.8 Å². The van der Waals surface area contributed by atoms with Crippen LogP contribution in [0.4, 0.5) is 0 Å². The van der Waals surface area contributed by atoms with Gasteiger partial charge in [0.1, 0.15) is 11.2 Å². The molecule has 32 heavy (non-hydrogen) atoms. The van der Waals surface area contributed by atoms with Crippen LogP contribution in [0.2, 0.25) is 0 Å². The van der Waals surface area contributed by atoms with Gasteiger partial charge in [-0.25, -0.2) is 0 Å². The monoisotopic (exact) mass is 473 g/mol. The molecule has 1 saturated heterocycles. The normalized spacial score (nSPS) is 64.8. The van der Waals surface area contributed by atoms with Crippen LogP contribution >= 0.6 is 11.6 Å². The van der Waals surface area contributed by atoms with Crippen LogP contribution in [0.1, 0.15) is 26.2 Å². The fourth-order valence-electron chi connectivity index (χ4n) is 10.2. The number of β-amino-alcohol motifs (C(OH)–C–C–N with tert-alkyl or cyclic N) is 1. The number of halogens is 1. The summed E-state index contributed by atoms with van der Waals surface area (Å²) in [7, 11) is 4.81. The first-order valence-corrected chi connectivity index (χ1v) is 12.4. The zero-order valence-electron chi connectivity index (χ0n) is 19.1. The highest BCUT2D eigenvalue weighted by Crippen LogP contribution is 2.79. The highest BCUT2D eigenvalue weighted by molar-refractivity contribution is 6.21. The average Bonchev–Trinajstić information content (AvgIpc) is 3.19. The minimum absolute atomic E-state index is 0.0448. The quantitative estimate of drug-likeness (QED) is 0.408. The lowest BCUT2D eigenvalue weighted by molar-refractivity contribution is -0.320. The van der Waals surface area contributed by atoms with Crippen molar-refractivity contribution in [3.63, 3.8) is 0 Å². The van der Waals surface area contributed by atoms with E-state index in [-0.39, 0.29) is 43.4 Å². The summed E-state index contributed by atoms with van der Waals surface area (Å²) >= 11 is 6.76. The molecule has 5 saturated carbocycles. The lowest BCUT2D eigenvalue weighted by Crippen LogP contribution is -2.83. The molecule has 14 atom stereocenters. The number of rotatable bonds is 4. The third-order valence-electron chi connectivity index (χ3n) is 10.9. The molecule has 0 unspecified atom stereocenters. The van der Waals surface area contributed by atoms with Crippen molar-refractivity contribution in [3.05, 3.63) is 0 Å². The first kappa shape index (κ1) is 22.4. The summed E-state index contributed by atoms with van der Waals surface area (Å²) in [6.45, 7) is 2.81. The van der Waals surface area contributed by atoms with Gasteiger partial charge in [-0.3, -0.25) is 4.90 Å². The van der Waals surface area contributed by atoms with Gasteiger partial charge >= 0.3 is 0 Å². The van der Waals surface area contributed by atoms with Gasteiger partial charge in [-0.1, -0.05) is 6.92 Å². The molecule has 0 amide bonds. The van der Waals surface area contributed by atoms with E-state index >= 15 is 0 Å². The Hall–Kier alpha value is -0.0300. The van der Waals surface area contributed by atoms with Crippen molar-refractivity contribution >= 4 is 11.6 Å². The lowest BCUT2D eigenvalue weighted by atomic mass is 9.44. The third kappa shape index (κ3) is 1.97. The molecule has 1 aliphatic heterocycles. The fraction of sp³-hybridized carbons (Fsp3) is 1.00. The summed E-state index contributed by atoms with van der Waals surface area (Å²) in [5.74, 6) is -1.11. The van der Waals surface area contributed by atoms with Crippen LogP contribution < -0.4 is 0 Å². The van der Waals surface area contributed by atoms with Gasteiger partial charge in [-0.15, -0.1) is 11.6 Å². The van der Waals surface area contributed by atoms with Crippen LogP contribution in [0.5, 0.6) is 0 Å². The largest absolute Gasteiger partial charge is 0.392 e. The van der Waals surface area contributed by atoms with Crippen LogP contribution in [-0.2, 0) is 14.2 Å². The molecular weight excluding hydrogens is 438 g/mol. The first-order valence-electron chi connectivity index (χ1n) is 11.9. The summed E-state index contributed by atoms with van der Waals surface area (Å²) in [4.78, 5) is 2.04. The molecule has 6 aliphatic rings. The number of ether oxygens (including phenoxy) is 3. The second-order valence-electron chi connectivity index (χ2n) is 11.3. The number of likely N-dealkylation sites (tertiary alicyclic amines) is 1. The van der Waals surface area contributed by atoms with E-state index in [9.17, 15) is 20.4 Å². The number of hydrogen-bond acceptors (Lipinski definition) is 8. The molecular formula is C23H36ClNO7. The van der Waals surface area contributed by atoms with Gasteiger partial charge in [0.2, 0.25) is 0 Å². The number of alkyl halides is 1. The Morgan fingerprint density at radius 1 is 1.06 bits per heavy atom. The Morgan fingerprint density at radius 2 is 1.78 bits per heavy atom. The summed E-state index contributed by atoms with van der Waals surface area (Å²) in [5.41, 5.74) is -5.50. The molecule has 7 bridgehead atoms. The number of piperidine rings is 1. The maximum Gasteiger partial charge on any atom is 0.136 e. The second kappa shape index (κ2) is 6.59. The zero-order valence-corrected chi connectivity index (χ0v) is 19.9. The topological polar surface area (TPSA) is 112 Å². The molecule has 0 aromatic heterocycles.